The summed E-state index contributed by atoms with van der Waals surface area (Å²) < 4.78 is 36.4. The van der Waals surface area contributed by atoms with Crippen molar-refractivity contribution in [1.82, 2.24) is 19.7 Å². The topological polar surface area (TPSA) is 151 Å². The smallest absolute Gasteiger partial charge is 0.203 e. The molecule has 180 valence electrons. The Morgan fingerprint density at radius 1 is 1.17 bits per heavy atom. The van der Waals surface area contributed by atoms with Gasteiger partial charge in [-0.15, -0.1) is 0 Å². The number of rotatable bonds is 5. The van der Waals surface area contributed by atoms with Gasteiger partial charge >= 0.3 is 0 Å². The van der Waals surface area contributed by atoms with E-state index in [0.717, 1.165) is 6.07 Å². The molecule has 1 atom stereocenters. The first-order valence-corrected chi connectivity index (χ1v) is 10.8. The Labute approximate surface area is 202 Å². The van der Waals surface area contributed by atoms with E-state index in [-0.39, 0.29) is 33.7 Å². The van der Waals surface area contributed by atoms with Gasteiger partial charge in [0.25, 0.3) is 0 Å². The predicted molar refractivity (Wildman–Crippen MR) is 132 cm³/mol. The first-order chi connectivity index (χ1) is 17.3. The van der Waals surface area contributed by atoms with E-state index in [2.05, 4.69) is 15.1 Å². The molecule has 0 radical (unpaired) electrons. The zero-order valence-electron chi connectivity index (χ0n) is 18.9. The van der Waals surface area contributed by atoms with E-state index in [1.807, 2.05) is 0 Å². The van der Waals surface area contributed by atoms with Crippen LogP contribution >= 0.6 is 0 Å². The number of benzene rings is 2. The van der Waals surface area contributed by atoms with Gasteiger partial charge in [0.05, 0.1) is 16.5 Å². The van der Waals surface area contributed by atoms with Crippen LogP contribution in [-0.4, -0.2) is 26.0 Å². The summed E-state index contributed by atoms with van der Waals surface area (Å²) in [4.78, 5) is 22.0. The van der Waals surface area contributed by atoms with E-state index >= 15 is 0 Å². The van der Waals surface area contributed by atoms with Crippen molar-refractivity contribution in [3.05, 3.63) is 88.3 Å². The normalized spacial score (nSPS) is 12.8. The Balaban J connectivity index is 1.86. The second kappa shape index (κ2) is 8.69. The second-order valence-corrected chi connectivity index (χ2v) is 8.01. The predicted octanol–water partition coefficient (Wildman–Crippen LogP) is 2.20. The number of halogens is 2. The lowest BCUT2D eigenvalue weighted by Gasteiger charge is -2.17. The quantitative estimate of drug-likeness (QED) is 0.321. The van der Waals surface area contributed by atoms with Gasteiger partial charge in [0.2, 0.25) is 5.43 Å². The van der Waals surface area contributed by atoms with Crippen molar-refractivity contribution in [3.8, 4) is 11.1 Å². The molecule has 36 heavy (non-hydrogen) atoms. The van der Waals surface area contributed by atoms with Gasteiger partial charge in [0.1, 0.15) is 52.2 Å². The van der Waals surface area contributed by atoms with Crippen LogP contribution in [-0.2, 0) is 0 Å². The van der Waals surface area contributed by atoms with Crippen LogP contribution in [0, 0.1) is 11.6 Å². The van der Waals surface area contributed by atoms with Gasteiger partial charge in [-0.3, -0.25) is 10.2 Å². The van der Waals surface area contributed by atoms with Crippen LogP contribution in [0.2, 0.25) is 0 Å². The SMILES string of the molecule is CC(c1oc2cccc(F)c2c(=O)c1-c1cccc(F)c1)n1nc(/C(C=[NH2+])=C/N)c2c(N)ncnc21. The Hall–Kier alpha value is -4.93. The number of nitrogen functional groups attached to an aromatic ring is 1. The second-order valence-electron chi connectivity index (χ2n) is 8.01. The Kier molecular flexibility index (Phi) is 5.51. The average molecular weight is 488 g/mol. The molecule has 0 bridgehead atoms. The van der Waals surface area contributed by atoms with E-state index in [0.29, 0.717) is 22.3 Å². The van der Waals surface area contributed by atoms with Gasteiger partial charge in [0, 0.05) is 6.20 Å². The lowest BCUT2D eigenvalue weighted by atomic mass is 9.99. The minimum absolute atomic E-state index is 0.00759. The van der Waals surface area contributed by atoms with Crippen molar-refractivity contribution in [2.75, 3.05) is 5.73 Å². The number of hydrogen-bond acceptors (Lipinski definition) is 7. The minimum atomic E-state index is -0.786. The van der Waals surface area contributed by atoms with Crippen LogP contribution in [0.1, 0.15) is 24.4 Å². The number of nitrogens with two attached hydrogens (primary N) is 3. The fraction of sp³-hybridized carbons (Fsp3) is 0.0800. The summed E-state index contributed by atoms with van der Waals surface area (Å²) in [6.07, 6.45) is 3.80. The third kappa shape index (κ3) is 3.49. The van der Waals surface area contributed by atoms with Crippen molar-refractivity contribution in [2.45, 2.75) is 13.0 Å². The molecule has 0 spiro atoms. The summed E-state index contributed by atoms with van der Waals surface area (Å²) in [5.74, 6) is -1.06. The molecule has 0 aliphatic rings. The molecule has 5 aromatic rings. The zero-order chi connectivity index (χ0) is 25.6. The third-order valence-corrected chi connectivity index (χ3v) is 5.91. The number of hydrogen-bond donors (Lipinski definition) is 3. The monoisotopic (exact) mass is 488 g/mol. The molecule has 2 aromatic carbocycles. The van der Waals surface area contributed by atoms with Crippen molar-refractivity contribution in [1.29, 1.82) is 0 Å². The third-order valence-electron chi connectivity index (χ3n) is 5.91. The maximum Gasteiger partial charge on any atom is 0.203 e. The number of nitrogens with zero attached hydrogens (tertiary/aromatic N) is 4. The molecule has 3 heterocycles. The van der Waals surface area contributed by atoms with Gasteiger partial charge in [0.15, 0.2) is 11.9 Å². The summed E-state index contributed by atoms with van der Waals surface area (Å²) in [5.41, 5.74) is 12.5. The van der Waals surface area contributed by atoms with Crippen LogP contribution in [0.4, 0.5) is 14.6 Å². The molecule has 5 rings (SSSR count). The van der Waals surface area contributed by atoms with Gasteiger partial charge in [-0.1, -0.05) is 18.2 Å². The molecule has 1 unspecified atom stereocenters. The Morgan fingerprint density at radius 3 is 2.67 bits per heavy atom. The first kappa shape index (κ1) is 22.8. The van der Waals surface area contributed by atoms with Crippen molar-refractivity contribution < 1.29 is 18.6 Å². The molecule has 0 saturated carbocycles. The van der Waals surface area contributed by atoms with Crippen molar-refractivity contribution in [3.63, 3.8) is 0 Å². The fourth-order valence-electron chi connectivity index (χ4n) is 4.22. The molecule has 0 aliphatic heterocycles. The molecular formula is C25H20F2N7O2+. The standard InChI is InChI=1S/C25H19F2N7O2/c1-12(34-25-20(24(30)31-11-32-25)21(33-34)14(9-28)10-29)23-18(13-4-2-5-15(26)8-13)22(35)19-16(27)6-3-7-17(19)36-23/h2-12,28H,29H2,1H3,(H2,30,31,32)/p+1/b14-10+,28-9?. The van der Waals surface area contributed by atoms with Gasteiger partial charge in [-0.05, 0) is 36.8 Å². The number of allylic oxidation sites excluding steroid dienone is 1. The van der Waals surface area contributed by atoms with Crippen LogP contribution in [0.15, 0.2) is 64.2 Å². The lowest BCUT2D eigenvalue weighted by molar-refractivity contribution is -0.103. The molecule has 0 amide bonds. The van der Waals surface area contributed by atoms with Crippen molar-refractivity contribution in [2.24, 2.45) is 5.73 Å². The lowest BCUT2D eigenvalue weighted by Crippen LogP contribution is -2.30. The highest BCUT2D eigenvalue weighted by Crippen LogP contribution is 2.35. The molecule has 0 aliphatic carbocycles. The highest BCUT2D eigenvalue weighted by atomic mass is 19.1. The molecule has 3 aromatic heterocycles. The largest absolute Gasteiger partial charge is 0.458 e. The minimum Gasteiger partial charge on any atom is -0.458 e. The van der Waals surface area contributed by atoms with E-state index in [4.69, 9.17) is 21.3 Å². The van der Waals surface area contributed by atoms with Crippen LogP contribution in [0.3, 0.4) is 0 Å². The summed E-state index contributed by atoms with van der Waals surface area (Å²) in [6, 6.07) is 8.71. The van der Waals surface area contributed by atoms with E-state index in [9.17, 15) is 13.6 Å². The van der Waals surface area contributed by atoms with Gasteiger partial charge in [-0.2, -0.15) is 5.10 Å². The highest BCUT2D eigenvalue weighted by molar-refractivity contribution is 6.12. The molecule has 0 saturated heterocycles. The number of fused-ring (bicyclic) bond motifs is 2. The summed E-state index contributed by atoms with van der Waals surface area (Å²) >= 11 is 0. The molecule has 0 fully saturated rings. The van der Waals surface area contributed by atoms with Crippen LogP contribution < -0.4 is 22.3 Å². The van der Waals surface area contributed by atoms with Gasteiger partial charge in [-0.25, -0.2) is 23.4 Å². The van der Waals surface area contributed by atoms with Gasteiger partial charge < -0.3 is 15.9 Å². The first-order valence-electron chi connectivity index (χ1n) is 10.8. The molecule has 11 heteroatoms. The Morgan fingerprint density at radius 2 is 1.94 bits per heavy atom. The van der Waals surface area contributed by atoms with E-state index < -0.39 is 23.1 Å². The fourth-order valence-corrected chi connectivity index (χ4v) is 4.22. The number of aromatic nitrogens is 4. The zero-order valence-corrected chi connectivity index (χ0v) is 18.9. The van der Waals surface area contributed by atoms with Crippen LogP contribution in [0.5, 0.6) is 0 Å². The average Bonchev–Trinajstić information content (AvgIpc) is 3.25. The highest BCUT2D eigenvalue weighted by Gasteiger charge is 2.28. The summed E-state index contributed by atoms with van der Waals surface area (Å²) in [6.45, 7) is 1.71. The molecular weight excluding hydrogens is 468 g/mol. The Bertz CT molecular complexity index is 1760. The maximum atomic E-state index is 14.7. The van der Waals surface area contributed by atoms with E-state index in [1.165, 1.54) is 53.8 Å². The summed E-state index contributed by atoms with van der Waals surface area (Å²) in [7, 11) is 0. The summed E-state index contributed by atoms with van der Waals surface area (Å²) in [5, 5.41) is 10.5. The van der Waals surface area contributed by atoms with E-state index in [1.54, 1.807) is 13.0 Å². The molecule has 9 nitrogen and oxygen atoms in total. The molecule has 6 N–H and O–H groups in total. The van der Waals surface area contributed by atoms with Crippen molar-refractivity contribution >= 4 is 39.6 Å². The maximum absolute atomic E-state index is 14.7. The van der Waals surface area contributed by atoms with Crippen LogP contribution in [0.25, 0.3) is 38.7 Å². The number of anilines is 1.